The van der Waals surface area contributed by atoms with Crippen molar-refractivity contribution in [2.75, 3.05) is 14.3 Å². The number of carbonyl (C=O) groups excluding carboxylic acids is 2. The Morgan fingerprint density at radius 1 is 0.475 bits per heavy atom. The van der Waals surface area contributed by atoms with Gasteiger partial charge in [-0.1, -0.05) is 143 Å². The number of halogens is 1. The fourth-order valence-corrected chi connectivity index (χ4v) is 23.9. The molecule has 10 aromatic rings. The third-order valence-electron chi connectivity index (χ3n) is 12.8. The first kappa shape index (κ1) is 74.1. The lowest BCUT2D eigenvalue weighted by atomic mass is 10.2. The van der Waals surface area contributed by atoms with Crippen molar-refractivity contribution in [3.05, 3.63) is 217 Å². The Kier molecular flexibility index (Phi) is 28.6. The summed E-state index contributed by atoms with van der Waals surface area (Å²) in [6.45, 7) is 0. The zero-order valence-electron chi connectivity index (χ0n) is 51.8. The highest BCUT2D eigenvalue weighted by Crippen LogP contribution is 2.48. The Hall–Kier alpha value is -6.08. The van der Waals surface area contributed by atoms with Crippen LogP contribution in [-0.2, 0) is 6.42 Å². The molecular weight excluding hydrogens is 1590 g/mol. The number of carbonyl (C=O) groups is 2. The van der Waals surface area contributed by atoms with Crippen LogP contribution in [0.3, 0.4) is 0 Å². The molecule has 16 rings (SSSR count). The number of thiophene rings is 10. The van der Waals surface area contributed by atoms with Crippen molar-refractivity contribution in [1.82, 2.24) is 0 Å². The highest BCUT2D eigenvalue weighted by atomic mass is 32.2. The summed E-state index contributed by atoms with van der Waals surface area (Å²) < 4.78 is 20.7. The van der Waals surface area contributed by atoms with Gasteiger partial charge in [0.1, 0.15) is 84.6 Å². The number of hydrogen-bond donors (Lipinski definition) is 2. The lowest BCUT2D eigenvalue weighted by Crippen LogP contribution is -2.26. The number of hydrogen-bond acceptors (Lipinski definition) is 30. The molecule has 6 atom stereocenters. The van der Waals surface area contributed by atoms with Gasteiger partial charge in [0.2, 0.25) is 0 Å². The Balaban J connectivity index is 0.000000144. The summed E-state index contributed by atoms with van der Waals surface area (Å²) in [5.74, 6) is 0. The predicted molar refractivity (Wildman–Crippen MR) is 445 cm³/mol. The number of nitriles is 3. The third kappa shape index (κ3) is 20.8. The molecule has 33 heteroatoms. The van der Waals surface area contributed by atoms with Crippen molar-refractivity contribution in [2.24, 2.45) is 41.4 Å². The van der Waals surface area contributed by atoms with E-state index in [2.05, 4.69) is 102 Å². The van der Waals surface area contributed by atoms with Crippen molar-refractivity contribution < 1.29 is 20.1 Å². The number of aliphatic imine (C=N–C) groups is 6. The molecule has 0 spiro atoms. The molecule has 0 amide bonds. The second kappa shape index (κ2) is 38.3. The Morgan fingerprint density at radius 3 is 1.13 bits per heavy atom. The molecule has 6 aliphatic heterocycles. The number of fused-ring (bicyclic) bond motifs is 3. The van der Waals surface area contributed by atoms with Crippen LogP contribution in [0.2, 0.25) is 0 Å². The second-order valence-corrected chi connectivity index (χ2v) is 36.9. The molecule has 6 aliphatic rings. The van der Waals surface area contributed by atoms with E-state index in [0.717, 1.165) is 102 Å². The van der Waals surface area contributed by atoms with Crippen LogP contribution in [0.1, 0.15) is 74.4 Å². The molecule has 6 unspecified atom stereocenters. The van der Waals surface area contributed by atoms with Gasteiger partial charge < -0.3 is 16.2 Å². The first-order valence-corrected chi connectivity index (χ1v) is 43.0. The van der Waals surface area contributed by atoms with Crippen molar-refractivity contribution in [3.63, 3.8) is 0 Å². The van der Waals surface area contributed by atoms with Gasteiger partial charge >= 0.3 is 0 Å². The minimum Gasteiger partial charge on any atom is -0.487 e. The number of methoxy groups -OCH3 is 1. The highest BCUT2D eigenvalue weighted by molar-refractivity contribution is 8.21. The number of nitrogens with zero attached hydrogens (tertiary/aromatic N) is 9. The van der Waals surface area contributed by atoms with E-state index in [1.165, 1.54) is 32.4 Å². The molecule has 4 N–H and O–H groups in total. The van der Waals surface area contributed by atoms with E-state index >= 15 is 0 Å². The van der Waals surface area contributed by atoms with Crippen LogP contribution in [0, 0.1) is 34.0 Å². The number of thiocarbonyl (C=S) groups is 2. The molecular formula is C66H48FN11O3S18. The van der Waals surface area contributed by atoms with Gasteiger partial charge in [0.25, 0.3) is 0 Å². The van der Waals surface area contributed by atoms with Crippen molar-refractivity contribution in [3.8, 4) is 23.3 Å². The molecule has 16 heterocycles. The molecule has 500 valence electrons. The Labute approximate surface area is 647 Å². The van der Waals surface area contributed by atoms with E-state index in [0.29, 0.717) is 17.6 Å². The summed E-state index contributed by atoms with van der Waals surface area (Å²) >= 11 is 35.2. The van der Waals surface area contributed by atoms with Gasteiger partial charge in [-0.05, 0) is 129 Å². The van der Waals surface area contributed by atoms with Crippen LogP contribution < -0.4 is 16.2 Å². The van der Waals surface area contributed by atoms with Crippen LogP contribution in [0.25, 0.3) is 23.3 Å². The fourth-order valence-electron chi connectivity index (χ4n) is 8.46. The molecule has 99 heavy (non-hydrogen) atoms. The van der Waals surface area contributed by atoms with E-state index in [-0.39, 0.29) is 42.2 Å². The normalized spacial score (nSPS) is 18.9. The Bertz CT molecular complexity index is 4600. The zero-order valence-corrected chi connectivity index (χ0v) is 65.5. The van der Waals surface area contributed by atoms with Gasteiger partial charge in [0.15, 0.2) is 17.6 Å². The average Bonchev–Trinajstić information content (AvgIpc) is 1.65. The number of rotatable bonds is 14. The van der Waals surface area contributed by atoms with Gasteiger partial charge in [0, 0.05) is 24.4 Å². The number of aldehydes is 2. The first-order valence-electron chi connectivity index (χ1n) is 29.1. The summed E-state index contributed by atoms with van der Waals surface area (Å²) in [5.41, 5.74) is 11.2. The summed E-state index contributed by atoms with van der Waals surface area (Å²) in [6, 6.07) is 46.6. The van der Waals surface area contributed by atoms with Gasteiger partial charge in [-0.15, -0.1) is 102 Å². The Morgan fingerprint density at radius 2 is 0.828 bits per heavy atom. The lowest BCUT2D eigenvalue weighted by molar-refractivity contribution is 0.111. The van der Waals surface area contributed by atoms with Crippen LogP contribution in [0.15, 0.2) is 184 Å². The minimum absolute atomic E-state index is 0.0729. The van der Waals surface area contributed by atoms with Crippen LogP contribution in [-0.4, -0.2) is 99.3 Å². The van der Waals surface area contributed by atoms with Gasteiger partial charge in [-0.3, -0.25) is 43.9 Å². The maximum Gasteiger partial charge on any atom is 0.173 e. The number of ether oxygens (including phenoxy) is 1. The van der Waals surface area contributed by atoms with E-state index in [9.17, 15) is 24.5 Å². The number of alkyl halides is 1. The van der Waals surface area contributed by atoms with E-state index in [4.69, 9.17) is 52.8 Å². The summed E-state index contributed by atoms with van der Waals surface area (Å²) in [5, 5.41) is 47.5. The van der Waals surface area contributed by atoms with Crippen molar-refractivity contribution >= 4 is 284 Å². The van der Waals surface area contributed by atoms with Crippen LogP contribution in [0.5, 0.6) is 5.06 Å². The smallest absolute Gasteiger partial charge is 0.173 e. The average molecular weight is 1640 g/mol. The van der Waals surface area contributed by atoms with Crippen LogP contribution in [0.4, 0.5) is 4.39 Å². The topological polar surface area (TPSA) is 241 Å². The van der Waals surface area contributed by atoms with Crippen molar-refractivity contribution in [2.45, 2.75) is 38.7 Å². The standard InChI is InChI=1S/C26H14N4S6.C14H10N2O2S4.C12H8N2S4.C6H5NS.C5H4OS.C2H4N2S2.CH3F/c27-13-15(19-3-1-9-31-19)11-17-5-7-21(33-17)23-29-25-26(35-23)30-24(36-25)22-8-6-18(34-22)12-16(14-28)20-4-2-10-32-20;1-18-10-5-4-9(20-10)12-16-14-13(22-12)15-11(21-14)8-3-2-7(6-17)19-8;1-3-7(15-5-1)9-13-11-12(17-9)14-10(18-11)8-4-2-6-16-8;7-4-3-6-2-1-5-8-6;6-4-5-2-1-3-7-5;3-1(5)2(4)6;1-2/h1-12,25-26H;2-6,13-14H,1H3;1-6,11-12H;1-2,5H,3H2;1-4H;(H2,3,5)(H2,4,6);1H3/b15-11+,16-12+;;;;;;/i;;;;;;1D. The van der Waals surface area contributed by atoms with Gasteiger partial charge in [-0.25, -0.2) is 0 Å². The van der Waals surface area contributed by atoms with E-state index in [1.54, 1.807) is 174 Å². The van der Waals surface area contributed by atoms with E-state index in [1.807, 2.05) is 100 Å². The first-order chi connectivity index (χ1) is 48.8. The lowest BCUT2D eigenvalue weighted by Gasteiger charge is -1.99. The molecule has 0 saturated heterocycles. The quantitative estimate of drug-likeness (QED) is 0.0584. The molecule has 0 bridgehead atoms. The molecule has 0 radical (unpaired) electrons. The molecule has 0 fully saturated rings. The monoisotopic (exact) mass is 1640 g/mol. The maximum atomic E-state index is 10.8. The predicted octanol–water partition coefficient (Wildman–Crippen LogP) is 20.0. The SMILES string of the molecule is COc1ccc(C2=NC3SC(c4ccc(C=O)s4)=NC3S2)s1.N#C/C(=C\c1ccc(C2=NC3SC(c4ccc(/C=C(\C#N)c5cccs5)s4)=NC3S2)s1)c1cccs1.N#CCc1cccs1.NC(=S)C(N)=S.O=Cc1cccs1.[2H]CF.c1csc(C2=NC3SC(c4cccs4)=NC3S2)c1. The minimum atomic E-state index is -1.00. The largest absolute Gasteiger partial charge is 0.487 e. The molecule has 0 aromatic carbocycles. The molecule has 0 saturated carbocycles. The molecule has 10 aromatic heterocycles. The van der Waals surface area contributed by atoms with Crippen LogP contribution >= 0.6 is 208 Å². The van der Waals surface area contributed by atoms with Gasteiger partial charge in [0.05, 0.1) is 78.3 Å². The molecule has 14 nitrogen and oxygen atoms in total. The zero-order chi connectivity index (χ0) is 70.3. The fraction of sp³-hybridized carbons (Fsp3) is 0.136. The number of thioether (sulfide) groups is 6. The van der Waals surface area contributed by atoms with Gasteiger partial charge in [-0.2, -0.15) is 15.8 Å². The molecule has 0 aliphatic carbocycles. The number of allylic oxidation sites excluding steroid dienone is 2. The summed E-state index contributed by atoms with van der Waals surface area (Å²) in [7, 11) is 0.676. The third-order valence-corrected chi connectivity index (χ3v) is 31.0. The maximum absolute atomic E-state index is 10.8. The number of nitrogens with two attached hydrogens (primary N) is 2. The summed E-state index contributed by atoms with van der Waals surface area (Å²) in [6.07, 6.45) is 6.18. The van der Waals surface area contributed by atoms with E-state index < -0.39 is 7.15 Å². The van der Waals surface area contributed by atoms with Crippen molar-refractivity contribution in [1.29, 1.82) is 15.8 Å². The highest BCUT2D eigenvalue weighted by Gasteiger charge is 2.41. The second-order valence-electron chi connectivity index (χ2n) is 19.2. The summed E-state index contributed by atoms with van der Waals surface area (Å²) in [4.78, 5) is 63.6.